The third-order valence-electron chi connectivity index (χ3n) is 2.07. The maximum atomic E-state index is 11.8. The Labute approximate surface area is 118 Å². The number of benzene rings is 1. The maximum Gasteiger partial charge on any atom is 0.441 e. The van der Waals surface area contributed by atoms with Gasteiger partial charge in [0.15, 0.2) is 0 Å². The molecule has 0 amide bonds. The second-order valence-corrected chi connectivity index (χ2v) is 4.84. The van der Waals surface area contributed by atoms with Crippen LogP contribution in [0.3, 0.4) is 0 Å². The Morgan fingerprint density at radius 3 is 2.45 bits per heavy atom. The number of esters is 1. The van der Waals surface area contributed by atoms with Gasteiger partial charge in [0.1, 0.15) is 12.4 Å². The minimum Gasteiger partial charge on any atom is -0.493 e. The Morgan fingerprint density at radius 2 is 1.85 bits per heavy atom. The molecule has 0 aromatic heterocycles. The monoisotopic (exact) mass is 309 g/mol. The quantitative estimate of drug-likeness (QED) is 0.477. The molecule has 0 unspecified atom stereocenters. The number of hydrogen-bond donors (Lipinski definition) is 1. The summed E-state index contributed by atoms with van der Waals surface area (Å²) < 4.78 is 45.3. The van der Waals surface area contributed by atoms with Crippen LogP contribution >= 0.6 is 11.8 Å². The summed E-state index contributed by atoms with van der Waals surface area (Å²) in [6.45, 7) is -0.181. The summed E-state index contributed by atoms with van der Waals surface area (Å²) in [6, 6.07) is 6.62. The van der Waals surface area contributed by atoms with Crippen LogP contribution in [0.4, 0.5) is 18.9 Å². The molecule has 4 nitrogen and oxygen atoms in total. The van der Waals surface area contributed by atoms with Crippen LogP contribution in [-0.2, 0) is 9.53 Å². The molecule has 1 aromatic carbocycles. The van der Waals surface area contributed by atoms with E-state index in [4.69, 9.17) is 10.5 Å². The number of nitrogen functional groups attached to an aromatic ring is 1. The minimum atomic E-state index is -4.30. The van der Waals surface area contributed by atoms with Crippen molar-refractivity contribution in [1.29, 1.82) is 0 Å². The molecule has 0 aliphatic carbocycles. The van der Waals surface area contributed by atoms with Gasteiger partial charge in [-0.2, -0.15) is 13.2 Å². The first-order chi connectivity index (χ1) is 9.37. The zero-order valence-electron chi connectivity index (χ0n) is 10.5. The molecule has 0 aliphatic rings. The predicted octanol–water partition coefficient (Wildman–Crippen LogP) is 2.83. The van der Waals surface area contributed by atoms with Crippen molar-refractivity contribution >= 4 is 23.4 Å². The van der Waals surface area contributed by atoms with E-state index < -0.39 is 11.5 Å². The van der Waals surface area contributed by atoms with Crippen LogP contribution < -0.4 is 10.5 Å². The summed E-state index contributed by atoms with van der Waals surface area (Å²) in [4.78, 5) is 11.2. The van der Waals surface area contributed by atoms with Crippen molar-refractivity contribution in [2.45, 2.75) is 11.9 Å². The van der Waals surface area contributed by atoms with Crippen molar-refractivity contribution in [1.82, 2.24) is 0 Å². The molecular weight excluding hydrogens is 295 g/mol. The van der Waals surface area contributed by atoms with E-state index in [0.29, 0.717) is 11.4 Å². The van der Waals surface area contributed by atoms with Gasteiger partial charge in [0.25, 0.3) is 0 Å². The van der Waals surface area contributed by atoms with E-state index in [1.165, 1.54) is 0 Å². The van der Waals surface area contributed by atoms with Crippen molar-refractivity contribution in [2.75, 3.05) is 24.7 Å². The van der Waals surface area contributed by atoms with Gasteiger partial charge in [0.2, 0.25) is 0 Å². The normalized spacial score (nSPS) is 11.2. The van der Waals surface area contributed by atoms with E-state index in [1.54, 1.807) is 24.3 Å². The zero-order valence-corrected chi connectivity index (χ0v) is 11.3. The molecule has 0 aliphatic heterocycles. The Morgan fingerprint density at radius 1 is 1.20 bits per heavy atom. The van der Waals surface area contributed by atoms with Gasteiger partial charge in [-0.25, -0.2) is 0 Å². The molecule has 0 atom stereocenters. The van der Waals surface area contributed by atoms with Crippen LogP contribution in [0.1, 0.15) is 6.42 Å². The Bertz CT molecular complexity index is 423. The Balaban J connectivity index is 2.10. The van der Waals surface area contributed by atoms with Crippen LogP contribution in [0.25, 0.3) is 0 Å². The first-order valence-corrected chi connectivity index (χ1v) is 6.70. The average molecular weight is 309 g/mol. The lowest BCUT2D eigenvalue weighted by Crippen LogP contribution is -2.13. The van der Waals surface area contributed by atoms with E-state index >= 15 is 0 Å². The number of carbonyl (C=O) groups excluding carboxylic acids is 1. The number of hydrogen-bond acceptors (Lipinski definition) is 5. The van der Waals surface area contributed by atoms with Crippen LogP contribution in [0.15, 0.2) is 24.3 Å². The molecule has 8 heteroatoms. The largest absolute Gasteiger partial charge is 0.493 e. The van der Waals surface area contributed by atoms with Crippen LogP contribution in [0.2, 0.25) is 0 Å². The predicted molar refractivity (Wildman–Crippen MR) is 70.4 cm³/mol. The summed E-state index contributed by atoms with van der Waals surface area (Å²) in [7, 11) is 0. The average Bonchev–Trinajstić information content (AvgIpc) is 2.36. The molecule has 0 bridgehead atoms. The number of thioether (sulfide) groups is 1. The van der Waals surface area contributed by atoms with Crippen molar-refractivity contribution in [3.05, 3.63) is 24.3 Å². The van der Waals surface area contributed by atoms with Crippen molar-refractivity contribution < 1.29 is 27.4 Å². The fourth-order valence-electron chi connectivity index (χ4n) is 1.20. The summed E-state index contributed by atoms with van der Waals surface area (Å²) in [6.07, 6.45) is -0.0267. The standard InChI is InChI=1S/C12H14F3NO3S/c13-12(14,15)20-8-7-19-11(17)5-6-18-10-3-1-9(16)2-4-10/h1-4H,5-8,16H2. The number of halogens is 3. The van der Waals surface area contributed by atoms with Gasteiger partial charge in [0, 0.05) is 11.4 Å². The van der Waals surface area contributed by atoms with Crippen molar-refractivity contribution in [2.24, 2.45) is 0 Å². The molecule has 0 spiro atoms. The topological polar surface area (TPSA) is 61.5 Å². The number of rotatable bonds is 7. The lowest BCUT2D eigenvalue weighted by atomic mass is 10.3. The molecule has 20 heavy (non-hydrogen) atoms. The summed E-state index contributed by atoms with van der Waals surface area (Å²) in [5, 5.41) is 0. The highest BCUT2D eigenvalue weighted by Gasteiger charge is 2.27. The van der Waals surface area contributed by atoms with Gasteiger partial charge in [-0.05, 0) is 36.0 Å². The number of nitrogens with two attached hydrogens (primary N) is 1. The van der Waals surface area contributed by atoms with Gasteiger partial charge >= 0.3 is 11.5 Å². The third kappa shape index (κ3) is 7.78. The Kier molecular flexibility index (Phi) is 6.50. The van der Waals surface area contributed by atoms with E-state index in [-0.39, 0.29) is 37.1 Å². The number of carbonyl (C=O) groups is 1. The van der Waals surface area contributed by atoms with E-state index in [0.717, 1.165) is 0 Å². The molecule has 2 N–H and O–H groups in total. The number of ether oxygens (including phenoxy) is 2. The molecule has 0 saturated heterocycles. The first kappa shape index (κ1) is 16.5. The fourth-order valence-corrected chi connectivity index (χ4v) is 1.60. The summed E-state index contributed by atoms with van der Waals surface area (Å²) >= 11 is -0.223. The van der Waals surface area contributed by atoms with Gasteiger partial charge in [-0.15, -0.1) is 0 Å². The molecule has 0 saturated carbocycles. The second-order valence-electron chi connectivity index (χ2n) is 3.68. The van der Waals surface area contributed by atoms with E-state index in [2.05, 4.69) is 4.74 Å². The number of alkyl halides is 3. The van der Waals surface area contributed by atoms with E-state index in [1.807, 2.05) is 0 Å². The minimum absolute atomic E-state index is 0.0267. The third-order valence-corrected chi connectivity index (χ3v) is 2.77. The highest BCUT2D eigenvalue weighted by molar-refractivity contribution is 8.00. The SMILES string of the molecule is Nc1ccc(OCCC(=O)OCCSC(F)(F)F)cc1. The number of anilines is 1. The van der Waals surface area contributed by atoms with Gasteiger partial charge in [0.05, 0.1) is 13.0 Å². The lowest BCUT2D eigenvalue weighted by molar-refractivity contribution is -0.143. The zero-order chi connectivity index (χ0) is 15.0. The highest BCUT2D eigenvalue weighted by atomic mass is 32.2. The van der Waals surface area contributed by atoms with E-state index in [9.17, 15) is 18.0 Å². The summed E-state index contributed by atoms with van der Waals surface area (Å²) in [5.74, 6) is -0.350. The smallest absolute Gasteiger partial charge is 0.441 e. The van der Waals surface area contributed by atoms with Crippen LogP contribution in [0, 0.1) is 0 Å². The van der Waals surface area contributed by atoms with Gasteiger partial charge in [-0.3, -0.25) is 4.79 Å². The van der Waals surface area contributed by atoms with Crippen LogP contribution in [-0.4, -0.2) is 30.4 Å². The lowest BCUT2D eigenvalue weighted by Gasteiger charge is -2.08. The summed E-state index contributed by atoms with van der Waals surface area (Å²) in [5.41, 5.74) is 1.79. The van der Waals surface area contributed by atoms with Crippen molar-refractivity contribution in [3.8, 4) is 5.75 Å². The molecular formula is C12H14F3NO3S. The van der Waals surface area contributed by atoms with Gasteiger partial charge < -0.3 is 15.2 Å². The molecule has 112 valence electrons. The molecule has 0 radical (unpaired) electrons. The highest BCUT2D eigenvalue weighted by Crippen LogP contribution is 2.29. The molecule has 0 fully saturated rings. The fraction of sp³-hybridized carbons (Fsp3) is 0.417. The van der Waals surface area contributed by atoms with Crippen molar-refractivity contribution in [3.63, 3.8) is 0 Å². The first-order valence-electron chi connectivity index (χ1n) is 5.71. The molecule has 0 heterocycles. The molecule has 1 rings (SSSR count). The van der Waals surface area contributed by atoms with Crippen LogP contribution in [0.5, 0.6) is 5.75 Å². The Hall–Kier alpha value is -1.57. The maximum absolute atomic E-state index is 11.8. The van der Waals surface area contributed by atoms with Gasteiger partial charge in [-0.1, -0.05) is 0 Å². The molecule has 1 aromatic rings. The second kappa shape index (κ2) is 7.88.